The van der Waals surface area contributed by atoms with Crippen LogP contribution in [-0.2, 0) is 25.2 Å². The van der Waals surface area contributed by atoms with Gasteiger partial charge in [0.05, 0.1) is 30.0 Å². The minimum absolute atomic E-state index is 0.0645. The molecule has 2 N–H and O–H groups in total. The number of benzene rings is 3. The van der Waals surface area contributed by atoms with Crippen molar-refractivity contribution in [2.24, 2.45) is 11.8 Å². The Labute approximate surface area is 286 Å². The number of carbonyl (C=O) groups excluding carboxylic acids is 4. The highest BCUT2D eigenvalue weighted by atomic mass is 19.4. The summed E-state index contributed by atoms with van der Waals surface area (Å²) in [5.41, 5.74) is -1.04. The van der Waals surface area contributed by atoms with Gasteiger partial charge in [0, 0.05) is 23.2 Å². The number of anilines is 4. The van der Waals surface area contributed by atoms with E-state index in [1.807, 2.05) is 60.7 Å². The van der Waals surface area contributed by atoms with Gasteiger partial charge >= 0.3 is 18.4 Å². The van der Waals surface area contributed by atoms with Gasteiger partial charge in [0.1, 0.15) is 11.2 Å². The smallest absolute Gasteiger partial charge is 0.416 e. The monoisotopic (exact) mass is 690 g/mol. The molecule has 2 spiro atoms. The third-order valence-corrected chi connectivity index (χ3v) is 10.5. The minimum Gasteiger partial charge on any atom is -0.441 e. The van der Waals surface area contributed by atoms with Crippen molar-refractivity contribution >= 4 is 46.8 Å². The van der Waals surface area contributed by atoms with Gasteiger partial charge in [-0.25, -0.2) is 9.59 Å². The van der Waals surface area contributed by atoms with Gasteiger partial charge in [-0.05, 0) is 93.8 Å². The number of carbonyl (C=O) groups is 4. The molecule has 50 heavy (non-hydrogen) atoms. The molecule has 4 aliphatic rings. The lowest BCUT2D eigenvalue weighted by atomic mass is 9.78. The lowest BCUT2D eigenvalue weighted by molar-refractivity contribution is -0.137. The number of halogens is 3. The summed E-state index contributed by atoms with van der Waals surface area (Å²) in [6, 6.07) is 21.2. The van der Waals surface area contributed by atoms with Crippen molar-refractivity contribution in [2.75, 3.05) is 33.5 Å². The highest BCUT2D eigenvalue weighted by Crippen LogP contribution is 2.43. The van der Waals surface area contributed by atoms with Crippen LogP contribution in [-0.4, -0.2) is 48.3 Å². The topological polar surface area (TPSA) is 117 Å². The second-order valence-corrected chi connectivity index (χ2v) is 13.7. The maximum Gasteiger partial charge on any atom is 0.416 e. The molecule has 3 aromatic carbocycles. The molecule has 2 heterocycles. The van der Waals surface area contributed by atoms with Crippen LogP contribution in [0.5, 0.6) is 0 Å². The van der Waals surface area contributed by atoms with Crippen LogP contribution >= 0.6 is 0 Å². The Morgan fingerprint density at radius 1 is 0.640 bits per heavy atom. The molecule has 0 unspecified atom stereocenters. The Kier molecular flexibility index (Phi) is 8.69. The number of nitrogens with one attached hydrogen (secondary N) is 2. The van der Waals surface area contributed by atoms with Crippen LogP contribution < -0.4 is 20.4 Å². The standard InChI is InChI=1S/C37H37F3N4O6/c38-37(39,40)26-11-12-29(41-31(45)24-13-17-35(18-14-24)22-43(33(47)49-35)27-7-3-1-4-8-27)30(21-26)42-32(46)25-15-19-36(20-16-25)23-44(34(48)50-36)28-9-5-2-6-10-28/h1-12,21,24-25H,13-20,22-23H2,(H,41,45)(H,42,46)/t24-,25-,35+,36+. The Balaban J connectivity index is 0.984. The number of hydrogen-bond acceptors (Lipinski definition) is 6. The zero-order chi connectivity index (χ0) is 35.1. The van der Waals surface area contributed by atoms with Gasteiger partial charge in [0.2, 0.25) is 11.8 Å². The first-order valence-electron chi connectivity index (χ1n) is 16.9. The lowest BCUT2D eigenvalue weighted by Crippen LogP contribution is -2.41. The van der Waals surface area contributed by atoms with E-state index in [1.54, 1.807) is 9.80 Å². The zero-order valence-electron chi connectivity index (χ0n) is 27.2. The highest BCUT2D eigenvalue weighted by Gasteiger charge is 2.50. The predicted molar refractivity (Wildman–Crippen MR) is 179 cm³/mol. The number of amides is 4. The molecule has 0 bridgehead atoms. The fraction of sp³-hybridized carbons (Fsp3) is 0.405. The van der Waals surface area contributed by atoms with Crippen LogP contribution in [0.15, 0.2) is 78.9 Å². The minimum atomic E-state index is -4.67. The maximum absolute atomic E-state index is 13.7. The lowest BCUT2D eigenvalue weighted by Gasteiger charge is -2.35. The van der Waals surface area contributed by atoms with E-state index in [1.165, 1.54) is 0 Å². The fourth-order valence-electron chi connectivity index (χ4n) is 7.59. The molecular formula is C37H37F3N4O6. The second-order valence-electron chi connectivity index (χ2n) is 13.7. The highest BCUT2D eigenvalue weighted by molar-refractivity contribution is 6.01. The van der Waals surface area contributed by atoms with Crippen molar-refractivity contribution in [3.63, 3.8) is 0 Å². The van der Waals surface area contributed by atoms with E-state index in [9.17, 15) is 32.3 Å². The molecule has 2 aliphatic carbocycles. The number of nitrogens with zero attached hydrogens (tertiary/aromatic N) is 2. The predicted octanol–water partition coefficient (Wildman–Crippen LogP) is 7.75. The quantitative estimate of drug-likeness (QED) is 0.273. The van der Waals surface area contributed by atoms with Crippen LogP contribution in [0.4, 0.5) is 45.5 Å². The molecule has 0 atom stereocenters. The maximum atomic E-state index is 13.7. The second kappa shape index (κ2) is 13.0. The van der Waals surface area contributed by atoms with Crippen LogP contribution in [0.1, 0.15) is 56.9 Å². The van der Waals surface area contributed by atoms with E-state index in [0.29, 0.717) is 64.5 Å². The van der Waals surface area contributed by atoms with Crippen molar-refractivity contribution in [1.82, 2.24) is 0 Å². The summed E-state index contributed by atoms with van der Waals surface area (Å²) >= 11 is 0. The third-order valence-electron chi connectivity index (χ3n) is 10.5. The summed E-state index contributed by atoms with van der Waals surface area (Å²) in [5, 5.41) is 5.41. The summed E-state index contributed by atoms with van der Waals surface area (Å²) in [6.45, 7) is 0.721. The molecule has 2 saturated carbocycles. The zero-order valence-corrected chi connectivity index (χ0v) is 27.2. The van der Waals surface area contributed by atoms with Crippen molar-refractivity contribution in [3.05, 3.63) is 84.4 Å². The Morgan fingerprint density at radius 3 is 1.48 bits per heavy atom. The van der Waals surface area contributed by atoms with Gasteiger partial charge in [-0.15, -0.1) is 0 Å². The largest absolute Gasteiger partial charge is 0.441 e. The Bertz CT molecular complexity index is 1770. The summed E-state index contributed by atoms with van der Waals surface area (Å²) in [6.07, 6.45) is -2.21. The van der Waals surface area contributed by atoms with E-state index in [-0.39, 0.29) is 17.3 Å². The Morgan fingerprint density at radius 2 is 1.06 bits per heavy atom. The van der Waals surface area contributed by atoms with Crippen molar-refractivity contribution in [3.8, 4) is 0 Å². The van der Waals surface area contributed by atoms with Crippen molar-refractivity contribution < 1.29 is 41.8 Å². The number of para-hydroxylation sites is 2. The van der Waals surface area contributed by atoms with E-state index < -0.39 is 52.9 Å². The van der Waals surface area contributed by atoms with Crippen LogP contribution in [0.25, 0.3) is 0 Å². The van der Waals surface area contributed by atoms with Crippen LogP contribution in [0.3, 0.4) is 0 Å². The molecule has 4 amide bonds. The molecule has 4 fully saturated rings. The first-order chi connectivity index (χ1) is 23.9. The molecule has 0 aromatic heterocycles. The van der Waals surface area contributed by atoms with Gasteiger partial charge in [0.25, 0.3) is 0 Å². The van der Waals surface area contributed by atoms with Gasteiger partial charge < -0.3 is 20.1 Å². The Hall–Kier alpha value is -5.07. The summed E-state index contributed by atoms with van der Waals surface area (Å²) in [5.74, 6) is -1.84. The van der Waals surface area contributed by atoms with E-state index >= 15 is 0 Å². The molecule has 10 nitrogen and oxygen atoms in total. The third kappa shape index (κ3) is 6.73. The van der Waals surface area contributed by atoms with Crippen LogP contribution in [0.2, 0.25) is 0 Å². The van der Waals surface area contributed by atoms with Gasteiger partial charge in [-0.3, -0.25) is 19.4 Å². The summed E-state index contributed by atoms with van der Waals surface area (Å²) < 4.78 is 52.8. The van der Waals surface area contributed by atoms with E-state index in [0.717, 1.165) is 29.6 Å². The molecule has 3 aromatic rings. The SMILES string of the molecule is O=C1O[C@]2(CC[C@@H](C(=O)Nc3ccc(C(F)(F)F)cc3NC(=O)[C@H]3CC[C@@]4(CC3)CN(c3ccccc3)C(=O)O4)CC2)CN1c1ccccc1. The first kappa shape index (κ1) is 33.4. The van der Waals surface area contributed by atoms with Gasteiger partial charge in [-0.2, -0.15) is 13.2 Å². The normalized spacial score (nSPS) is 26.5. The van der Waals surface area contributed by atoms with E-state index in [4.69, 9.17) is 9.47 Å². The van der Waals surface area contributed by atoms with Crippen molar-refractivity contribution in [1.29, 1.82) is 0 Å². The molecule has 2 saturated heterocycles. The number of hydrogen-bond donors (Lipinski definition) is 2. The number of ether oxygens (including phenoxy) is 2. The van der Waals surface area contributed by atoms with Gasteiger partial charge in [-0.1, -0.05) is 36.4 Å². The van der Waals surface area contributed by atoms with E-state index in [2.05, 4.69) is 10.6 Å². The average molecular weight is 691 g/mol. The fourth-order valence-corrected chi connectivity index (χ4v) is 7.59. The number of alkyl halides is 3. The molecule has 7 rings (SSSR count). The first-order valence-corrected chi connectivity index (χ1v) is 16.9. The molecule has 13 heteroatoms. The molecule has 0 radical (unpaired) electrons. The summed E-state index contributed by atoms with van der Waals surface area (Å²) in [7, 11) is 0. The molecular weight excluding hydrogens is 653 g/mol. The van der Waals surface area contributed by atoms with Crippen molar-refractivity contribution in [2.45, 2.75) is 68.7 Å². The number of rotatable bonds is 6. The molecule has 2 aliphatic heterocycles. The molecule has 262 valence electrons. The van der Waals surface area contributed by atoms with Crippen LogP contribution in [0, 0.1) is 11.8 Å². The summed E-state index contributed by atoms with van der Waals surface area (Å²) in [4.78, 5) is 55.4. The van der Waals surface area contributed by atoms with Gasteiger partial charge in [0.15, 0.2) is 0 Å². The average Bonchev–Trinajstić information content (AvgIpc) is 3.61.